The number of rotatable bonds is 3. The summed E-state index contributed by atoms with van der Waals surface area (Å²) in [5, 5.41) is 3.14. The molecule has 3 aromatic rings. The number of aromatic nitrogens is 2. The SMILES string of the molecule is CS(=O)(=O)c1cc(F)c(-n2nc(C(F)(F)F)cc2-c2cc(F)ccc2F)cc1F. The molecule has 0 fully saturated rings. The lowest BCUT2D eigenvalue weighted by atomic mass is 10.1. The number of benzene rings is 2. The highest BCUT2D eigenvalue weighted by molar-refractivity contribution is 7.90. The lowest BCUT2D eigenvalue weighted by Crippen LogP contribution is -2.10. The molecule has 0 aliphatic rings. The monoisotopic (exact) mass is 438 g/mol. The molecule has 0 unspecified atom stereocenters. The number of nitrogens with zero attached hydrogens (tertiary/aromatic N) is 2. The van der Waals surface area contributed by atoms with Crippen molar-refractivity contribution in [2.45, 2.75) is 11.1 Å². The van der Waals surface area contributed by atoms with E-state index in [1.807, 2.05) is 0 Å². The van der Waals surface area contributed by atoms with Crippen LogP contribution in [0.3, 0.4) is 0 Å². The van der Waals surface area contributed by atoms with Gasteiger partial charge in [-0.3, -0.25) is 0 Å². The Kier molecular flexibility index (Phi) is 4.93. The summed E-state index contributed by atoms with van der Waals surface area (Å²) in [4.78, 5) is -1.03. The number of hydrogen-bond acceptors (Lipinski definition) is 3. The Labute approximate surface area is 159 Å². The van der Waals surface area contributed by atoms with Crippen molar-refractivity contribution in [3.8, 4) is 16.9 Å². The van der Waals surface area contributed by atoms with Gasteiger partial charge in [0, 0.05) is 17.9 Å². The maximum atomic E-state index is 14.5. The fraction of sp³-hybridized carbons (Fsp3) is 0.118. The van der Waals surface area contributed by atoms with Gasteiger partial charge in [-0.2, -0.15) is 18.3 Å². The first kappa shape index (κ1) is 20.8. The van der Waals surface area contributed by atoms with Crippen LogP contribution in [0.5, 0.6) is 0 Å². The van der Waals surface area contributed by atoms with Crippen molar-refractivity contribution in [2.24, 2.45) is 0 Å². The highest BCUT2D eigenvalue weighted by atomic mass is 32.2. The minimum Gasteiger partial charge on any atom is -0.229 e. The molecule has 0 spiro atoms. The first-order valence-electron chi connectivity index (χ1n) is 7.61. The van der Waals surface area contributed by atoms with Gasteiger partial charge in [0.25, 0.3) is 0 Å². The first-order valence-corrected chi connectivity index (χ1v) is 9.50. The van der Waals surface area contributed by atoms with E-state index < -0.39 is 66.8 Å². The Balaban J connectivity index is 2.34. The van der Waals surface area contributed by atoms with Gasteiger partial charge in [-0.1, -0.05) is 0 Å². The van der Waals surface area contributed by atoms with Crippen LogP contribution in [0.1, 0.15) is 5.69 Å². The van der Waals surface area contributed by atoms with E-state index in [1.54, 1.807) is 0 Å². The molecule has 1 aromatic heterocycles. The van der Waals surface area contributed by atoms with Gasteiger partial charge in [-0.05, 0) is 30.3 Å². The molecule has 0 aliphatic carbocycles. The largest absolute Gasteiger partial charge is 0.435 e. The fourth-order valence-corrected chi connectivity index (χ4v) is 3.28. The van der Waals surface area contributed by atoms with E-state index >= 15 is 0 Å². The molecule has 0 bridgehead atoms. The van der Waals surface area contributed by atoms with Crippen molar-refractivity contribution in [3.05, 3.63) is 65.4 Å². The zero-order valence-electron chi connectivity index (χ0n) is 14.2. The van der Waals surface area contributed by atoms with Gasteiger partial charge < -0.3 is 0 Å². The van der Waals surface area contributed by atoms with Gasteiger partial charge in [0.2, 0.25) is 0 Å². The molecule has 29 heavy (non-hydrogen) atoms. The van der Waals surface area contributed by atoms with Crippen molar-refractivity contribution in [1.29, 1.82) is 0 Å². The maximum absolute atomic E-state index is 14.5. The summed E-state index contributed by atoms with van der Waals surface area (Å²) >= 11 is 0. The van der Waals surface area contributed by atoms with Gasteiger partial charge in [-0.25, -0.2) is 30.7 Å². The Morgan fingerprint density at radius 1 is 0.897 bits per heavy atom. The van der Waals surface area contributed by atoms with Crippen LogP contribution in [0.25, 0.3) is 16.9 Å². The molecule has 3 rings (SSSR count). The summed E-state index contributed by atoms with van der Waals surface area (Å²) in [6.07, 6.45) is -4.43. The Hall–Kier alpha value is -2.89. The van der Waals surface area contributed by atoms with Crippen LogP contribution in [-0.4, -0.2) is 24.5 Å². The number of sulfone groups is 1. The smallest absolute Gasteiger partial charge is 0.229 e. The molecule has 0 saturated carbocycles. The summed E-state index contributed by atoms with van der Waals surface area (Å²) in [6.45, 7) is 0. The van der Waals surface area contributed by atoms with Gasteiger partial charge in [0.05, 0.1) is 5.69 Å². The standard InChI is InChI=1S/C17H9F7N2O2S/c1-29(27,28)15-6-11(20)14(5-12(15)21)26-13(7-16(25-26)17(22,23)24)9-4-8(18)2-3-10(9)19/h2-7H,1H3. The third-order valence-corrected chi connectivity index (χ3v) is 4.94. The van der Waals surface area contributed by atoms with Gasteiger partial charge in [0.1, 0.15) is 33.9 Å². The predicted octanol–water partition coefficient (Wildman–Crippen LogP) is 4.52. The fourth-order valence-electron chi connectivity index (χ4n) is 2.55. The Morgan fingerprint density at radius 3 is 2.14 bits per heavy atom. The quantitative estimate of drug-likeness (QED) is 0.566. The summed E-state index contributed by atoms with van der Waals surface area (Å²) in [5.41, 5.74) is -3.92. The van der Waals surface area contributed by atoms with Crippen LogP contribution in [0, 0.1) is 23.3 Å². The molecule has 0 radical (unpaired) electrons. The van der Waals surface area contributed by atoms with Crippen LogP contribution in [0.15, 0.2) is 41.3 Å². The zero-order valence-corrected chi connectivity index (χ0v) is 15.0. The van der Waals surface area contributed by atoms with Crippen molar-refractivity contribution < 1.29 is 39.2 Å². The lowest BCUT2D eigenvalue weighted by Gasteiger charge is -2.11. The summed E-state index contributed by atoms with van der Waals surface area (Å²) in [5.74, 6) is -5.04. The summed E-state index contributed by atoms with van der Waals surface area (Å²) in [6, 6.07) is 2.81. The second kappa shape index (κ2) is 6.87. The van der Waals surface area contributed by atoms with Crippen LogP contribution in [0.4, 0.5) is 30.7 Å². The normalized spacial score (nSPS) is 12.4. The van der Waals surface area contributed by atoms with Crippen LogP contribution in [-0.2, 0) is 16.0 Å². The third kappa shape index (κ3) is 3.97. The average molecular weight is 438 g/mol. The number of alkyl halides is 3. The summed E-state index contributed by atoms with van der Waals surface area (Å²) < 4.78 is 119. The highest BCUT2D eigenvalue weighted by Crippen LogP contribution is 2.35. The highest BCUT2D eigenvalue weighted by Gasteiger charge is 2.36. The topological polar surface area (TPSA) is 52.0 Å². The molecule has 12 heteroatoms. The molecule has 0 saturated heterocycles. The Morgan fingerprint density at radius 2 is 1.55 bits per heavy atom. The minimum absolute atomic E-state index is 0.227. The molecule has 4 nitrogen and oxygen atoms in total. The van der Waals surface area contributed by atoms with Crippen LogP contribution < -0.4 is 0 Å². The molecule has 2 aromatic carbocycles. The molecule has 0 aliphatic heterocycles. The Bertz CT molecular complexity index is 1220. The van der Waals surface area contributed by atoms with E-state index in [1.165, 1.54) is 0 Å². The van der Waals surface area contributed by atoms with Crippen molar-refractivity contribution in [1.82, 2.24) is 9.78 Å². The van der Waals surface area contributed by atoms with Gasteiger partial charge in [0.15, 0.2) is 15.5 Å². The first-order chi connectivity index (χ1) is 13.3. The third-order valence-electron chi connectivity index (χ3n) is 3.83. The predicted molar refractivity (Wildman–Crippen MR) is 86.9 cm³/mol. The molecule has 0 amide bonds. The van der Waals surface area contributed by atoms with E-state index in [9.17, 15) is 39.2 Å². The zero-order chi connectivity index (χ0) is 21.7. The molecular weight excluding hydrogens is 429 g/mol. The number of hydrogen-bond donors (Lipinski definition) is 0. The molecule has 154 valence electrons. The minimum atomic E-state index is -5.04. The van der Waals surface area contributed by atoms with E-state index in [0.717, 1.165) is 0 Å². The van der Waals surface area contributed by atoms with Crippen molar-refractivity contribution in [2.75, 3.05) is 6.26 Å². The lowest BCUT2D eigenvalue weighted by molar-refractivity contribution is -0.141. The van der Waals surface area contributed by atoms with Gasteiger partial charge >= 0.3 is 6.18 Å². The van der Waals surface area contributed by atoms with Gasteiger partial charge in [-0.15, -0.1) is 0 Å². The molecule has 1 heterocycles. The van der Waals surface area contributed by atoms with Crippen molar-refractivity contribution >= 4 is 9.84 Å². The van der Waals surface area contributed by atoms with Crippen LogP contribution >= 0.6 is 0 Å². The van der Waals surface area contributed by atoms with Crippen LogP contribution in [0.2, 0.25) is 0 Å². The van der Waals surface area contributed by atoms with E-state index in [4.69, 9.17) is 0 Å². The van der Waals surface area contributed by atoms with E-state index in [2.05, 4.69) is 5.10 Å². The second-order valence-corrected chi connectivity index (χ2v) is 7.94. The average Bonchev–Trinajstić information content (AvgIpc) is 3.03. The van der Waals surface area contributed by atoms with E-state index in [0.29, 0.717) is 36.6 Å². The molecule has 0 atom stereocenters. The second-order valence-electron chi connectivity index (χ2n) is 5.95. The van der Waals surface area contributed by atoms with E-state index in [-0.39, 0.29) is 10.7 Å². The van der Waals surface area contributed by atoms with Crippen molar-refractivity contribution in [3.63, 3.8) is 0 Å². The molecular formula is C17H9F7N2O2S. The molecule has 0 N–H and O–H groups in total. The number of halogens is 7. The maximum Gasteiger partial charge on any atom is 0.435 e. The summed E-state index contributed by atoms with van der Waals surface area (Å²) in [7, 11) is -4.18.